The maximum atomic E-state index is 13.5. The number of rotatable bonds is 6. The molecule has 2 unspecified atom stereocenters. The number of halogens is 2. The summed E-state index contributed by atoms with van der Waals surface area (Å²) in [4.78, 5) is 39.5. The lowest BCUT2D eigenvalue weighted by atomic mass is 9.78. The van der Waals surface area contributed by atoms with Crippen LogP contribution in [0, 0.1) is 0 Å². The summed E-state index contributed by atoms with van der Waals surface area (Å²) in [6.07, 6.45) is 0. The van der Waals surface area contributed by atoms with Gasteiger partial charge in [0, 0.05) is 22.6 Å². The Morgan fingerprint density at radius 1 is 0.839 bits per heavy atom. The molecule has 0 radical (unpaired) electrons. The number of alkyl halides is 2. The van der Waals surface area contributed by atoms with Gasteiger partial charge < -0.3 is 4.74 Å². The molecule has 0 spiro atoms. The van der Waals surface area contributed by atoms with Crippen LogP contribution in [0.5, 0.6) is 5.75 Å². The molecule has 0 heterocycles. The number of benzene rings is 3. The van der Waals surface area contributed by atoms with E-state index in [0.717, 1.165) is 0 Å². The molecule has 1 aliphatic rings. The molecule has 6 heteroatoms. The predicted octanol–water partition coefficient (Wildman–Crippen LogP) is 5.64. The monoisotopic (exact) mass is 540 g/mol. The fraction of sp³-hybridized carbons (Fsp3) is 0.160. The summed E-state index contributed by atoms with van der Waals surface area (Å²) >= 11 is 7.07. The zero-order chi connectivity index (χ0) is 22.2. The second-order valence-corrected chi connectivity index (χ2v) is 9.54. The van der Waals surface area contributed by atoms with Crippen molar-refractivity contribution in [1.82, 2.24) is 0 Å². The molecule has 0 aromatic heterocycles. The summed E-state index contributed by atoms with van der Waals surface area (Å²) < 4.78 is 3.58. The minimum atomic E-state index is -1.59. The number of hydrogen-bond donors (Lipinski definition) is 0. The highest BCUT2D eigenvalue weighted by Gasteiger charge is 2.59. The zero-order valence-electron chi connectivity index (χ0n) is 16.5. The van der Waals surface area contributed by atoms with Gasteiger partial charge in [-0.05, 0) is 29.8 Å². The Morgan fingerprint density at radius 3 is 1.87 bits per heavy atom. The number of hydrogen-bond acceptors (Lipinski definition) is 4. The lowest BCUT2D eigenvalue weighted by molar-refractivity contribution is 0.0844. The SMILES string of the molecule is COc1ccc(C(=O)C(Br)C(c2ccccc2)C2(Br)C(=O)c3ccccc3C2=O)cc1. The third kappa shape index (κ3) is 3.58. The summed E-state index contributed by atoms with van der Waals surface area (Å²) in [5.74, 6) is -1.04. The molecular weight excluding hydrogens is 524 g/mol. The second kappa shape index (κ2) is 8.52. The Kier molecular flexibility index (Phi) is 5.95. The molecule has 156 valence electrons. The molecule has 0 aliphatic heterocycles. The van der Waals surface area contributed by atoms with Gasteiger partial charge in [-0.1, -0.05) is 86.5 Å². The molecule has 4 rings (SSSR count). The van der Waals surface area contributed by atoms with E-state index in [1.165, 1.54) is 0 Å². The van der Waals surface area contributed by atoms with Crippen LogP contribution >= 0.6 is 31.9 Å². The van der Waals surface area contributed by atoms with Crippen LogP contribution in [0.1, 0.15) is 42.6 Å². The van der Waals surface area contributed by atoms with Gasteiger partial charge >= 0.3 is 0 Å². The lowest BCUT2D eigenvalue weighted by Crippen LogP contribution is -2.46. The van der Waals surface area contributed by atoms with Crippen LogP contribution in [0.4, 0.5) is 0 Å². The smallest absolute Gasteiger partial charge is 0.188 e. The van der Waals surface area contributed by atoms with Gasteiger partial charge in [0.05, 0.1) is 11.9 Å². The summed E-state index contributed by atoms with van der Waals surface area (Å²) in [5, 5.41) is 0. The first-order valence-corrected chi connectivity index (χ1v) is 11.3. The van der Waals surface area contributed by atoms with Crippen LogP contribution in [0.2, 0.25) is 0 Å². The second-order valence-electron chi connectivity index (χ2n) is 7.30. The molecule has 1 aliphatic carbocycles. The molecule has 3 aromatic rings. The van der Waals surface area contributed by atoms with Crippen molar-refractivity contribution in [3.05, 3.63) is 101 Å². The summed E-state index contributed by atoms with van der Waals surface area (Å²) in [6.45, 7) is 0. The van der Waals surface area contributed by atoms with Crippen LogP contribution in [0.3, 0.4) is 0 Å². The van der Waals surface area contributed by atoms with Crippen molar-refractivity contribution in [3.8, 4) is 5.75 Å². The standard InChI is InChI=1S/C25H18Br2O4/c1-31-17-13-11-16(12-14-17)22(28)21(26)20(15-7-3-2-4-8-15)25(27)23(29)18-9-5-6-10-19(18)24(25)30/h2-14,20-21H,1H3. The first kappa shape index (κ1) is 21.7. The maximum absolute atomic E-state index is 13.5. The fourth-order valence-electron chi connectivity index (χ4n) is 3.98. The first-order chi connectivity index (χ1) is 14.9. The normalized spacial score (nSPS) is 16.5. The Labute approximate surface area is 196 Å². The van der Waals surface area contributed by atoms with E-state index in [2.05, 4.69) is 31.9 Å². The van der Waals surface area contributed by atoms with Gasteiger partial charge in [0.2, 0.25) is 0 Å². The largest absolute Gasteiger partial charge is 0.497 e. The van der Waals surface area contributed by atoms with E-state index in [4.69, 9.17) is 4.74 Å². The number of Topliss-reactive ketones (excluding diaryl/α,β-unsaturated/α-hetero) is 3. The van der Waals surface area contributed by atoms with E-state index in [-0.39, 0.29) is 17.3 Å². The van der Waals surface area contributed by atoms with E-state index in [1.807, 2.05) is 30.3 Å². The summed E-state index contributed by atoms with van der Waals surface area (Å²) in [7, 11) is 1.55. The van der Waals surface area contributed by atoms with E-state index in [0.29, 0.717) is 28.0 Å². The minimum Gasteiger partial charge on any atom is -0.497 e. The van der Waals surface area contributed by atoms with Crippen molar-refractivity contribution >= 4 is 49.2 Å². The zero-order valence-corrected chi connectivity index (χ0v) is 19.7. The molecule has 4 nitrogen and oxygen atoms in total. The highest BCUT2D eigenvalue weighted by Crippen LogP contribution is 2.49. The van der Waals surface area contributed by atoms with Crippen molar-refractivity contribution in [2.75, 3.05) is 7.11 Å². The third-order valence-electron chi connectivity index (χ3n) is 5.58. The van der Waals surface area contributed by atoms with Crippen molar-refractivity contribution in [1.29, 1.82) is 0 Å². The van der Waals surface area contributed by atoms with E-state index >= 15 is 0 Å². The van der Waals surface area contributed by atoms with Crippen LogP contribution in [-0.2, 0) is 0 Å². The molecule has 0 saturated heterocycles. The van der Waals surface area contributed by atoms with Crippen LogP contribution in [0.15, 0.2) is 78.9 Å². The molecule has 0 fully saturated rings. The highest BCUT2D eigenvalue weighted by atomic mass is 79.9. The number of ketones is 3. The molecule has 0 N–H and O–H groups in total. The number of fused-ring (bicyclic) bond motifs is 1. The van der Waals surface area contributed by atoms with Crippen molar-refractivity contribution in [2.45, 2.75) is 15.1 Å². The Morgan fingerprint density at radius 2 is 1.35 bits per heavy atom. The van der Waals surface area contributed by atoms with Crippen molar-refractivity contribution in [3.63, 3.8) is 0 Å². The molecule has 2 atom stereocenters. The third-order valence-corrected chi connectivity index (χ3v) is 7.74. The number of carbonyl (C=O) groups is 3. The van der Waals surface area contributed by atoms with E-state index in [1.54, 1.807) is 55.6 Å². The molecule has 3 aromatic carbocycles. The predicted molar refractivity (Wildman–Crippen MR) is 126 cm³/mol. The van der Waals surface area contributed by atoms with Crippen molar-refractivity contribution < 1.29 is 19.1 Å². The van der Waals surface area contributed by atoms with Gasteiger partial charge in [-0.15, -0.1) is 0 Å². The van der Waals surface area contributed by atoms with E-state index in [9.17, 15) is 14.4 Å². The van der Waals surface area contributed by atoms with Gasteiger partial charge in [0.25, 0.3) is 0 Å². The van der Waals surface area contributed by atoms with E-state index < -0.39 is 15.1 Å². The highest BCUT2D eigenvalue weighted by molar-refractivity contribution is 9.11. The van der Waals surface area contributed by atoms with Gasteiger partial charge in [-0.3, -0.25) is 14.4 Å². The summed E-state index contributed by atoms with van der Waals surface area (Å²) in [6, 6.07) is 22.7. The van der Waals surface area contributed by atoms with Gasteiger partial charge in [-0.2, -0.15) is 0 Å². The Hall–Kier alpha value is -2.57. The average molecular weight is 542 g/mol. The number of methoxy groups -OCH3 is 1. The molecule has 31 heavy (non-hydrogen) atoms. The molecule has 0 bridgehead atoms. The maximum Gasteiger partial charge on any atom is 0.188 e. The van der Waals surface area contributed by atoms with Gasteiger partial charge in [0.15, 0.2) is 21.7 Å². The van der Waals surface area contributed by atoms with Crippen LogP contribution in [0.25, 0.3) is 0 Å². The van der Waals surface area contributed by atoms with Crippen LogP contribution < -0.4 is 4.74 Å². The quantitative estimate of drug-likeness (QED) is 0.230. The minimum absolute atomic E-state index is 0.230. The van der Waals surface area contributed by atoms with Crippen molar-refractivity contribution in [2.24, 2.45) is 0 Å². The molecular formula is C25H18Br2O4. The lowest BCUT2D eigenvalue weighted by Gasteiger charge is -2.33. The topological polar surface area (TPSA) is 60.4 Å². The van der Waals surface area contributed by atoms with Crippen LogP contribution in [-0.4, -0.2) is 33.6 Å². The van der Waals surface area contributed by atoms with Gasteiger partial charge in [0.1, 0.15) is 5.75 Å². The van der Waals surface area contributed by atoms with Gasteiger partial charge in [-0.25, -0.2) is 0 Å². The Bertz CT molecular complexity index is 1120. The number of carbonyl (C=O) groups excluding carboxylic acids is 3. The fourth-order valence-corrected chi connectivity index (χ4v) is 6.26. The average Bonchev–Trinajstić information content (AvgIpc) is 3.01. The Balaban J connectivity index is 1.81. The number of ether oxygens (including phenoxy) is 1. The molecule has 0 amide bonds. The molecule has 0 saturated carbocycles. The first-order valence-electron chi connectivity index (χ1n) is 9.64. The summed E-state index contributed by atoms with van der Waals surface area (Å²) in [5.41, 5.74) is 1.89.